The maximum atomic E-state index is 6.16. The minimum atomic E-state index is 0.730. The van der Waals surface area contributed by atoms with E-state index in [1.165, 1.54) is 0 Å². The third-order valence-electron chi connectivity index (χ3n) is 3.45. The Labute approximate surface area is 128 Å². The van der Waals surface area contributed by atoms with Gasteiger partial charge in [0.2, 0.25) is 0 Å². The highest BCUT2D eigenvalue weighted by Crippen LogP contribution is 2.30. The normalized spacial score (nSPS) is 10.6. The van der Waals surface area contributed by atoms with Crippen molar-refractivity contribution in [2.24, 2.45) is 0 Å². The Balaban J connectivity index is 2.06. The van der Waals surface area contributed by atoms with Gasteiger partial charge in [0.25, 0.3) is 0 Å². The van der Waals surface area contributed by atoms with Crippen molar-refractivity contribution in [3.63, 3.8) is 0 Å². The Morgan fingerprint density at radius 3 is 2.81 bits per heavy atom. The van der Waals surface area contributed by atoms with Crippen LogP contribution < -0.4 is 10.1 Å². The van der Waals surface area contributed by atoms with Gasteiger partial charge < -0.3 is 10.1 Å². The Hall–Kier alpha value is -2.26. The van der Waals surface area contributed by atoms with Gasteiger partial charge in [0, 0.05) is 34.0 Å². The number of hydrogen-bond donors (Lipinski definition) is 1. The molecule has 3 aromatic rings. The van der Waals surface area contributed by atoms with Crippen LogP contribution in [0.2, 0.25) is 5.02 Å². The van der Waals surface area contributed by atoms with Gasteiger partial charge in [0.05, 0.1) is 12.6 Å². The van der Waals surface area contributed by atoms with Gasteiger partial charge in [-0.15, -0.1) is 0 Å². The number of anilines is 2. The first-order chi connectivity index (χ1) is 10.2. The van der Waals surface area contributed by atoms with Gasteiger partial charge in [-0.2, -0.15) is 0 Å². The minimum Gasteiger partial charge on any atom is -0.497 e. The van der Waals surface area contributed by atoms with Crippen LogP contribution in [-0.4, -0.2) is 12.1 Å². The standard InChI is InChI=1S/C17H15ClN2O/c1-11-15(18)7-6-14-16(8-9-19-17(11)14)20-12-4-3-5-13(10-12)21-2/h3-10H,1-2H3,(H,19,20). The Bertz CT molecular complexity index is 802. The summed E-state index contributed by atoms with van der Waals surface area (Å²) in [5, 5.41) is 5.18. The number of benzene rings is 2. The average molecular weight is 299 g/mol. The van der Waals surface area contributed by atoms with Crippen molar-refractivity contribution in [1.82, 2.24) is 4.98 Å². The number of pyridine rings is 1. The summed E-state index contributed by atoms with van der Waals surface area (Å²) in [6.45, 7) is 1.98. The van der Waals surface area contributed by atoms with E-state index in [2.05, 4.69) is 10.3 Å². The summed E-state index contributed by atoms with van der Waals surface area (Å²) in [6.07, 6.45) is 1.79. The Morgan fingerprint density at radius 1 is 1.14 bits per heavy atom. The fourth-order valence-corrected chi connectivity index (χ4v) is 2.45. The fourth-order valence-electron chi connectivity index (χ4n) is 2.30. The molecule has 1 N–H and O–H groups in total. The lowest BCUT2D eigenvalue weighted by atomic mass is 10.1. The molecule has 1 heterocycles. The van der Waals surface area contributed by atoms with Crippen LogP contribution in [0.15, 0.2) is 48.7 Å². The Morgan fingerprint density at radius 2 is 2.00 bits per heavy atom. The quantitative estimate of drug-likeness (QED) is 0.743. The second-order valence-corrected chi connectivity index (χ2v) is 5.19. The molecule has 0 fully saturated rings. The summed E-state index contributed by atoms with van der Waals surface area (Å²) in [4.78, 5) is 4.43. The van der Waals surface area contributed by atoms with Gasteiger partial charge in [-0.1, -0.05) is 17.7 Å². The third-order valence-corrected chi connectivity index (χ3v) is 3.86. The van der Waals surface area contributed by atoms with Gasteiger partial charge in [-0.25, -0.2) is 0 Å². The number of rotatable bonds is 3. The number of nitrogens with zero attached hydrogens (tertiary/aromatic N) is 1. The van der Waals surface area contributed by atoms with E-state index in [0.29, 0.717) is 0 Å². The summed E-state index contributed by atoms with van der Waals surface area (Å²) < 4.78 is 5.25. The maximum absolute atomic E-state index is 6.16. The van der Waals surface area contributed by atoms with E-state index in [0.717, 1.165) is 38.6 Å². The molecule has 0 bridgehead atoms. The highest BCUT2D eigenvalue weighted by molar-refractivity contribution is 6.32. The lowest BCUT2D eigenvalue weighted by Gasteiger charge is -2.12. The van der Waals surface area contributed by atoms with Crippen LogP contribution in [0, 0.1) is 6.92 Å². The molecular weight excluding hydrogens is 284 g/mol. The number of aromatic nitrogens is 1. The largest absolute Gasteiger partial charge is 0.497 e. The molecule has 0 spiro atoms. The van der Waals surface area contributed by atoms with Crippen LogP contribution >= 0.6 is 11.6 Å². The number of hydrogen-bond acceptors (Lipinski definition) is 3. The van der Waals surface area contributed by atoms with Gasteiger partial charge in [0.15, 0.2) is 0 Å². The summed E-state index contributed by atoms with van der Waals surface area (Å²) >= 11 is 6.16. The first-order valence-electron chi connectivity index (χ1n) is 6.64. The zero-order chi connectivity index (χ0) is 14.8. The Kier molecular flexibility index (Phi) is 3.67. The van der Waals surface area contributed by atoms with Crippen molar-refractivity contribution < 1.29 is 4.74 Å². The van der Waals surface area contributed by atoms with Gasteiger partial charge in [0.1, 0.15) is 5.75 Å². The molecule has 4 heteroatoms. The molecule has 0 atom stereocenters. The zero-order valence-corrected chi connectivity index (χ0v) is 12.6. The fraction of sp³-hybridized carbons (Fsp3) is 0.118. The number of aryl methyl sites for hydroxylation is 1. The summed E-state index contributed by atoms with van der Waals surface area (Å²) in [5.41, 5.74) is 3.86. The molecule has 2 aromatic carbocycles. The second-order valence-electron chi connectivity index (χ2n) is 4.78. The number of nitrogens with one attached hydrogen (secondary N) is 1. The first kappa shape index (κ1) is 13.7. The molecule has 3 rings (SSSR count). The molecule has 3 nitrogen and oxygen atoms in total. The van der Waals surface area contributed by atoms with Gasteiger partial charge in [-0.3, -0.25) is 4.98 Å². The van der Waals surface area contributed by atoms with Crippen LogP contribution in [0.25, 0.3) is 10.9 Å². The predicted octanol–water partition coefficient (Wildman–Crippen LogP) is 4.95. The molecular formula is C17H15ClN2O. The summed E-state index contributed by atoms with van der Waals surface area (Å²) in [5.74, 6) is 0.817. The van der Waals surface area contributed by atoms with Crippen LogP contribution in [0.1, 0.15) is 5.56 Å². The lowest BCUT2D eigenvalue weighted by molar-refractivity contribution is 0.415. The topological polar surface area (TPSA) is 34.1 Å². The smallest absolute Gasteiger partial charge is 0.120 e. The van der Waals surface area contributed by atoms with Crippen LogP contribution in [-0.2, 0) is 0 Å². The number of halogens is 1. The molecule has 0 radical (unpaired) electrons. The van der Waals surface area contributed by atoms with E-state index in [1.807, 2.05) is 49.4 Å². The lowest BCUT2D eigenvalue weighted by Crippen LogP contribution is -1.94. The summed E-state index contributed by atoms with van der Waals surface area (Å²) in [7, 11) is 1.66. The molecule has 0 saturated carbocycles. The first-order valence-corrected chi connectivity index (χ1v) is 7.02. The van der Waals surface area contributed by atoms with E-state index in [9.17, 15) is 0 Å². The second kappa shape index (κ2) is 5.62. The SMILES string of the molecule is COc1cccc(Nc2ccnc3c(C)c(Cl)ccc23)c1. The van der Waals surface area contributed by atoms with Crippen molar-refractivity contribution >= 4 is 33.9 Å². The van der Waals surface area contributed by atoms with E-state index in [1.54, 1.807) is 13.3 Å². The van der Waals surface area contributed by atoms with E-state index in [-0.39, 0.29) is 0 Å². The van der Waals surface area contributed by atoms with Crippen molar-refractivity contribution in [2.45, 2.75) is 6.92 Å². The third kappa shape index (κ3) is 2.65. The maximum Gasteiger partial charge on any atom is 0.120 e. The predicted molar refractivity (Wildman–Crippen MR) is 87.8 cm³/mol. The van der Waals surface area contributed by atoms with Crippen molar-refractivity contribution in [3.8, 4) is 5.75 Å². The van der Waals surface area contributed by atoms with Crippen LogP contribution in [0.5, 0.6) is 5.75 Å². The van der Waals surface area contributed by atoms with E-state index in [4.69, 9.17) is 16.3 Å². The molecule has 21 heavy (non-hydrogen) atoms. The van der Waals surface area contributed by atoms with Gasteiger partial charge >= 0.3 is 0 Å². The summed E-state index contributed by atoms with van der Waals surface area (Å²) in [6, 6.07) is 13.7. The van der Waals surface area contributed by atoms with E-state index < -0.39 is 0 Å². The average Bonchev–Trinajstić information content (AvgIpc) is 2.52. The molecule has 0 saturated heterocycles. The molecule has 1 aromatic heterocycles. The van der Waals surface area contributed by atoms with Crippen molar-refractivity contribution in [3.05, 3.63) is 59.2 Å². The molecule has 0 amide bonds. The molecule has 0 aliphatic carbocycles. The molecule has 0 aliphatic heterocycles. The van der Waals surface area contributed by atoms with Crippen LogP contribution in [0.3, 0.4) is 0 Å². The number of methoxy groups -OCH3 is 1. The molecule has 0 aliphatic rings. The van der Waals surface area contributed by atoms with Crippen molar-refractivity contribution in [2.75, 3.05) is 12.4 Å². The molecule has 106 valence electrons. The molecule has 0 unspecified atom stereocenters. The number of fused-ring (bicyclic) bond motifs is 1. The van der Waals surface area contributed by atoms with Crippen LogP contribution in [0.4, 0.5) is 11.4 Å². The van der Waals surface area contributed by atoms with Crippen molar-refractivity contribution in [1.29, 1.82) is 0 Å². The zero-order valence-electron chi connectivity index (χ0n) is 11.9. The van der Waals surface area contributed by atoms with E-state index >= 15 is 0 Å². The highest BCUT2D eigenvalue weighted by atomic mass is 35.5. The van der Waals surface area contributed by atoms with Gasteiger partial charge in [-0.05, 0) is 42.8 Å². The highest BCUT2D eigenvalue weighted by Gasteiger charge is 2.07. The monoisotopic (exact) mass is 298 g/mol. The minimum absolute atomic E-state index is 0.730. The number of ether oxygens (including phenoxy) is 1.